The minimum absolute atomic E-state index is 0.188. The van der Waals surface area contributed by atoms with Crippen molar-refractivity contribution in [1.82, 2.24) is 39.9 Å². The monoisotopic (exact) mass is 1780 g/mol. The number of rotatable bonds is 20. The van der Waals surface area contributed by atoms with Crippen LogP contribution < -0.4 is 37.9 Å². The van der Waals surface area contributed by atoms with Gasteiger partial charge in [-0.1, -0.05) is 273 Å². The number of ether oxygens (including phenoxy) is 8. The van der Waals surface area contributed by atoms with Gasteiger partial charge in [-0.05, 0) is 123 Å². The number of fused-ring (bicyclic) bond motifs is 12. The summed E-state index contributed by atoms with van der Waals surface area (Å²) in [6, 6.07) is 59.7. The lowest BCUT2D eigenvalue weighted by Crippen LogP contribution is -2.13. The Hall–Kier alpha value is -9.76. The van der Waals surface area contributed by atoms with Crippen molar-refractivity contribution in [2.24, 2.45) is 0 Å². The Labute approximate surface area is 753 Å². The molecule has 1 aliphatic carbocycles. The molecule has 24 heteroatoms. The van der Waals surface area contributed by atoms with Crippen LogP contribution in [0.5, 0.6) is 93.0 Å². The average molecular weight is 1780 g/mol. The van der Waals surface area contributed by atoms with Crippen molar-refractivity contribution in [3.8, 4) is 93.0 Å². The van der Waals surface area contributed by atoms with Crippen molar-refractivity contribution in [1.29, 1.82) is 0 Å². The van der Waals surface area contributed by atoms with E-state index < -0.39 is 0 Å². The summed E-state index contributed by atoms with van der Waals surface area (Å²) < 4.78 is 66.7. The summed E-state index contributed by atoms with van der Waals surface area (Å²) in [5.41, 5.74) is 12.8. The molecule has 10 aromatic carbocycles. The van der Waals surface area contributed by atoms with Crippen LogP contribution in [0.25, 0.3) is 44.1 Å². The molecule has 4 aromatic heterocycles. The van der Waals surface area contributed by atoms with Gasteiger partial charge in [-0.3, -0.25) is 0 Å². The molecule has 9 aliphatic rings. The summed E-state index contributed by atoms with van der Waals surface area (Å²) in [5, 5.41) is 0. The molecule has 16 nitrogen and oxygen atoms in total. The second-order valence-electron chi connectivity index (χ2n) is 32.9. The molecule has 124 heavy (non-hydrogen) atoms. The summed E-state index contributed by atoms with van der Waals surface area (Å²) in [4.78, 5) is 53.4. The van der Waals surface area contributed by atoms with Gasteiger partial charge < -0.3 is 37.9 Å². The summed E-state index contributed by atoms with van der Waals surface area (Å²) in [5.74, 6) is 4.33. The smallest absolute Gasteiger partial charge is 0.284 e. The lowest BCUT2D eigenvalue weighted by Gasteiger charge is -2.30. The van der Waals surface area contributed by atoms with Gasteiger partial charge in [0.05, 0.1) is 61.1 Å². The van der Waals surface area contributed by atoms with Gasteiger partial charge in [0.25, 0.3) is 47.0 Å². The zero-order valence-electron chi connectivity index (χ0n) is 68.7. The van der Waals surface area contributed by atoms with Crippen molar-refractivity contribution < 1.29 is 37.9 Å². The van der Waals surface area contributed by atoms with E-state index in [-0.39, 0.29) is 70.7 Å². The van der Waals surface area contributed by atoms with Crippen LogP contribution in [-0.4, -0.2) is 39.9 Å². The normalized spacial score (nSPS) is 17.4. The van der Waals surface area contributed by atoms with Gasteiger partial charge in [-0.2, -0.15) is 0 Å². The molecule has 0 saturated heterocycles. The lowest BCUT2D eigenvalue weighted by atomic mass is 9.76. The number of unbranched alkanes of at least 4 members (excludes halogenated alkanes) is 12. The second-order valence-corrected chi connectivity index (χ2v) is 42.3. The van der Waals surface area contributed by atoms with E-state index in [1.165, 1.54) is 36.5 Å². The highest BCUT2D eigenvalue weighted by molar-refractivity contribution is 8.31. The van der Waals surface area contributed by atoms with Crippen LogP contribution in [0.1, 0.15) is 224 Å². The molecule has 0 saturated carbocycles. The van der Waals surface area contributed by atoms with E-state index in [4.69, 9.17) is 77.8 Å². The van der Waals surface area contributed by atoms with Gasteiger partial charge in [0.15, 0.2) is 0 Å². The third-order valence-corrected chi connectivity index (χ3v) is 35.8. The Balaban J connectivity index is 0.815. The number of hydrogen-bond acceptors (Lipinski definition) is 24. The summed E-state index contributed by atoms with van der Waals surface area (Å²) >= 11 is 14.4. The van der Waals surface area contributed by atoms with Crippen molar-refractivity contribution in [3.05, 3.63) is 231 Å². The van der Waals surface area contributed by atoms with Crippen molar-refractivity contribution in [2.45, 2.75) is 219 Å². The molecule has 620 valence electrons. The van der Waals surface area contributed by atoms with Crippen LogP contribution in [0.2, 0.25) is 0 Å². The number of thioether (sulfide) groups is 8. The standard InChI is InChI=1S/C100H84N8O8S8/c1-5-9-13-17-29-53-57-41-61-55(31-19-15-11-7-3)63-43-59-54(30-18-14-10-6-2)60-44-64-56(32-20-16-12-8-4)62-42-58(53)74-50-78(62)114-94-96(108-72-48-88-86(46-70(72)106-94)122-100(124-88)98-119-83-39-27-28-40-84(83)120-98)116-80(64)52-76(60)112-92-91(103-67-35-23-24-36-68(67)104-92)111-75(59)51-79(63)115-95-93(113-77(61)49-73(57)109-89-90(110-74)102-66-34-22-21-33-65(66)101-89)105-69-45-85-87(47-71(69)107-95)123-99(121-85)97-117-81-37-25-26-38-82(81)118-97/h21-28,33-56H,5-20,29-32H2,1-4H3. The molecule has 0 fully saturated rings. The number of para-hydroxylation sites is 4. The molecule has 0 unspecified atom stereocenters. The van der Waals surface area contributed by atoms with Gasteiger partial charge in [0, 0.05) is 132 Å². The molecule has 0 atom stereocenters. The SMILES string of the molecule is CCCCCCC1c2cc3c4cc2Oc2nc5ccccc5nc2Oc2cc5c(cc21)C(CCCCCC)c1cc2c(cc1Oc1nc6cc7c(cc6nc1O5)SC(=C1Sc5ccccc5S1)S7)Oc1nc5ccccc5nc1Oc1cc(c(cc1C2CCCCCC)C3CCCCCC)Oc1nc2cc3c(cc2nc1O4)SC(=C1Sc2ccccc2S1)S3. The highest BCUT2D eigenvalue weighted by atomic mass is 32.2. The van der Waals surface area contributed by atoms with E-state index in [2.05, 4.69) is 149 Å². The fourth-order valence-corrected chi connectivity index (χ4v) is 29.1. The van der Waals surface area contributed by atoms with Gasteiger partial charge in [-0.15, -0.1) is 0 Å². The Morgan fingerprint density at radius 1 is 0.202 bits per heavy atom. The summed E-state index contributed by atoms with van der Waals surface area (Å²) in [7, 11) is 0. The minimum atomic E-state index is -0.386. The van der Waals surface area contributed by atoms with Crippen molar-refractivity contribution in [3.63, 3.8) is 0 Å². The summed E-state index contributed by atoms with van der Waals surface area (Å²) in [6.45, 7) is 9.11. The van der Waals surface area contributed by atoms with Crippen LogP contribution in [-0.2, 0) is 0 Å². The Kier molecular flexibility index (Phi) is 21.3. The average Bonchev–Trinajstić information content (AvgIpc) is 1.43. The van der Waals surface area contributed by atoms with Gasteiger partial charge in [0.1, 0.15) is 46.0 Å². The maximum atomic E-state index is 7.76. The quantitative estimate of drug-likeness (QED) is 0.0658. The third-order valence-electron chi connectivity index (χ3n) is 24.6. The minimum Gasteiger partial charge on any atom is -0.434 e. The maximum Gasteiger partial charge on any atom is 0.284 e. The Morgan fingerprint density at radius 2 is 0.387 bits per heavy atom. The largest absolute Gasteiger partial charge is 0.434 e. The van der Waals surface area contributed by atoms with Gasteiger partial charge in [0.2, 0.25) is 0 Å². The van der Waals surface area contributed by atoms with E-state index in [0.29, 0.717) is 116 Å². The van der Waals surface area contributed by atoms with E-state index >= 15 is 0 Å². The molecule has 14 aromatic rings. The predicted octanol–water partition coefficient (Wildman–Crippen LogP) is 32.2. The third kappa shape index (κ3) is 14.8. The maximum absolute atomic E-state index is 7.76. The van der Waals surface area contributed by atoms with Gasteiger partial charge in [-0.25, -0.2) is 39.9 Å². The van der Waals surface area contributed by atoms with Crippen molar-refractivity contribution >= 4 is 138 Å². The van der Waals surface area contributed by atoms with Crippen LogP contribution in [0.3, 0.4) is 0 Å². The van der Waals surface area contributed by atoms with Crippen molar-refractivity contribution in [2.75, 3.05) is 0 Å². The lowest BCUT2D eigenvalue weighted by molar-refractivity contribution is 0.377. The number of hydrogen-bond donors (Lipinski definition) is 0. The first-order chi connectivity index (χ1) is 61.1. The van der Waals surface area contributed by atoms with E-state index in [1.54, 1.807) is 47.0 Å². The number of aromatic nitrogens is 8. The molecule has 23 rings (SSSR count). The first kappa shape index (κ1) is 78.9. The van der Waals surface area contributed by atoms with E-state index in [0.717, 1.165) is 167 Å². The molecule has 0 N–H and O–H groups in total. The van der Waals surface area contributed by atoms with Crippen LogP contribution >= 0.6 is 94.1 Å². The van der Waals surface area contributed by atoms with Gasteiger partial charge >= 0.3 is 0 Å². The highest BCUT2D eigenvalue weighted by Crippen LogP contribution is 2.66. The molecular formula is C100H84N8O8S8. The first-order valence-electron chi connectivity index (χ1n) is 43.6. The number of benzene rings is 10. The van der Waals surface area contributed by atoms with E-state index in [1.807, 2.05) is 95.6 Å². The highest BCUT2D eigenvalue weighted by Gasteiger charge is 2.42. The topological polar surface area (TPSA) is 177 Å². The Bertz CT molecular complexity index is 6060. The molecule has 12 heterocycles. The zero-order chi connectivity index (χ0) is 82.6. The van der Waals surface area contributed by atoms with Crippen LogP contribution in [0.4, 0.5) is 0 Å². The Morgan fingerprint density at radius 3 is 0.589 bits per heavy atom. The second kappa shape index (κ2) is 33.5. The zero-order valence-corrected chi connectivity index (χ0v) is 75.3. The number of nitrogens with zero attached hydrogens (tertiary/aromatic N) is 8. The fraction of sp³-hybridized carbons (Fsp3) is 0.280. The molecule has 0 spiro atoms. The molecule has 0 amide bonds. The van der Waals surface area contributed by atoms with E-state index in [9.17, 15) is 0 Å². The van der Waals surface area contributed by atoms with Crippen LogP contribution in [0, 0.1) is 0 Å². The first-order valence-corrected chi connectivity index (χ1v) is 50.2. The predicted molar refractivity (Wildman–Crippen MR) is 501 cm³/mol. The van der Waals surface area contributed by atoms with Crippen LogP contribution in [0.15, 0.2) is 226 Å². The molecule has 0 radical (unpaired) electrons. The molecule has 8 aliphatic heterocycles. The molecule has 8 bridgehead atoms. The fourth-order valence-electron chi connectivity index (χ4n) is 18.4. The molecular weight excluding hydrogens is 1700 g/mol. The summed E-state index contributed by atoms with van der Waals surface area (Å²) in [6.07, 6.45) is 18.9.